The van der Waals surface area contributed by atoms with Crippen molar-refractivity contribution in [3.05, 3.63) is 65.7 Å². The predicted molar refractivity (Wildman–Crippen MR) is 90.3 cm³/mol. The normalized spacial score (nSPS) is 11.7. The van der Waals surface area contributed by atoms with Crippen LogP contribution >= 0.6 is 0 Å². The van der Waals surface area contributed by atoms with Gasteiger partial charge < -0.3 is 15.2 Å². The second-order valence-electron chi connectivity index (χ2n) is 5.42. The number of nitrogens with one attached hydrogen (secondary N) is 1. The summed E-state index contributed by atoms with van der Waals surface area (Å²) < 4.78 is 5.17. The SMILES string of the molecule is COc1cccc(CCC(=O)NCCC(O)c2ccccc2)c1. The number of aryl methyl sites for hydroxylation is 1. The molecule has 122 valence electrons. The van der Waals surface area contributed by atoms with E-state index in [0.717, 1.165) is 16.9 Å². The zero-order chi connectivity index (χ0) is 16.5. The predicted octanol–water partition coefficient (Wildman–Crippen LogP) is 2.87. The minimum absolute atomic E-state index is 0.00641. The third-order valence-electron chi connectivity index (χ3n) is 3.70. The average molecular weight is 313 g/mol. The van der Waals surface area contributed by atoms with Crippen LogP contribution in [0.5, 0.6) is 5.75 Å². The van der Waals surface area contributed by atoms with E-state index in [0.29, 0.717) is 25.8 Å². The Morgan fingerprint density at radius 1 is 1.17 bits per heavy atom. The Bertz CT molecular complexity index is 613. The molecule has 2 rings (SSSR count). The molecular formula is C19H23NO3. The molecule has 2 aromatic rings. The standard InChI is InChI=1S/C19H23NO3/c1-23-17-9-5-6-15(14-17)10-11-19(22)20-13-12-18(21)16-7-3-2-4-8-16/h2-9,14,18,21H,10-13H2,1H3,(H,20,22). The molecule has 23 heavy (non-hydrogen) atoms. The van der Waals surface area contributed by atoms with Crippen LogP contribution in [-0.4, -0.2) is 24.7 Å². The summed E-state index contributed by atoms with van der Waals surface area (Å²) in [6.07, 6.45) is 1.06. The van der Waals surface area contributed by atoms with Gasteiger partial charge in [0.25, 0.3) is 0 Å². The first-order chi connectivity index (χ1) is 11.2. The Morgan fingerprint density at radius 3 is 2.70 bits per heavy atom. The van der Waals surface area contributed by atoms with Gasteiger partial charge in [0.15, 0.2) is 0 Å². The lowest BCUT2D eigenvalue weighted by atomic mass is 10.1. The van der Waals surface area contributed by atoms with E-state index in [1.807, 2.05) is 54.6 Å². The maximum Gasteiger partial charge on any atom is 0.220 e. The summed E-state index contributed by atoms with van der Waals surface area (Å²) >= 11 is 0. The first-order valence-corrected chi connectivity index (χ1v) is 7.81. The number of methoxy groups -OCH3 is 1. The van der Waals surface area contributed by atoms with Crippen LogP contribution in [0.1, 0.15) is 30.1 Å². The van der Waals surface area contributed by atoms with Crippen molar-refractivity contribution in [2.45, 2.75) is 25.4 Å². The molecule has 2 N–H and O–H groups in total. The van der Waals surface area contributed by atoms with Crippen LogP contribution in [0, 0.1) is 0 Å². The summed E-state index contributed by atoms with van der Waals surface area (Å²) in [5.41, 5.74) is 1.95. The zero-order valence-corrected chi connectivity index (χ0v) is 13.4. The Balaban J connectivity index is 1.69. The van der Waals surface area contributed by atoms with Gasteiger partial charge in [0, 0.05) is 13.0 Å². The van der Waals surface area contributed by atoms with E-state index in [4.69, 9.17) is 4.74 Å². The molecule has 0 heterocycles. The highest BCUT2D eigenvalue weighted by molar-refractivity contribution is 5.76. The summed E-state index contributed by atoms with van der Waals surface area (Å²) in [6.45, 7) is 0.465. The molecular weight excluding hydrogens is 290 g/mol. The van der Waals surface area contributed by atoms with Gasteiger partial charge in [-0.25, -0.2) is 0 Å². The molecule has 0 saturated heterocycles. The van der Waals surface area contributed by atoms with E-state index in [1.165, 1.54) is 0 Å². The molecule has 0 aliphatic heterocycles. The number of rotatable bonds is 8. The molecule has 0 aliphatic rings. The van der Waals surface area contributed by atoms with E-state index < -0.39 is 6.10 Å². The number of aliphatic hydroxyl groups is 1. The first kappa shape index (κ1) is 17.0. The van der Waals surface area contributed by atoms with E-state index in [2.05, 4.69) is 5.32 Å². The maximum absolute atomic E-state index is 11.9. The number of hydrogen-bond donors (Lipinski definition) is 2. The Morgan fingerprint density at radius 2 is 1.96 bits per heavy atom. The average Bonchev–Trinajstić information content (AvgIpc) is 2.61. The zero-order valence-electron chi connectivity index (χ0n) is 13.4. The first-order valence-electron chi connectivity index (χ1n) is 7.81. The van der Waals surface area contributed by atoms with E-state index in [9.17, 15) is 9.90 Å². The van der Waals surface area contributed by atoms with Crippen LogP contribution in [0.4, 0.5) is 0 Å². The van der Waals surface area contributed by atoms with Gasteiger partial charge in [-0.15, -0.1) is 0 Å². The molecule has 2 aromatic carbocycles. The Kier molecular flexibility index (Phi) is 6.63. The smallest absolute Gasteiger partial charge is 0.220 e. The Labute approximate surface area is 137 Å². The van der Waals surface area contributed by atoms with Gasteiger partial charge in [0.2, 0.25) is 5.91 Å². The summed E-state index contributed by atoms with van der Waals surface area (Å²) in [5, 5.41) is 12.9. The molecule has 0 radical (unpaired) electrons. The number of benzene rings is 2. The molecule has 0 fully saturated rings. The monoisotopic (exact) mass is 313 g/mol. The minimum atomic E-state index is -0.546. The molecule has 0 spiro atoms. The van der Waals surface area contributed by atoms with Gasteiger partial charge in [-0.2, -0.15) is 0 Å². The number of aliphatic hydroxyl groups excluding tert-OH is 1. The molecule has 0 aromatic heterocycles. The second-order valence-corrected chi connectivity index (χ2v) is 5.42. The van der Waals surface area contributed by atoms with Crippen molar-refractivity contribution in [3.8, 4) is 5.75 Å². The molecule has 4 heteroatoms. The lowest BCUT2D eigenvalue weighted by Crippen LogP contribution is -2.25. The van der Waals surface area contributed by atoms with Crippen molar-refractivity contribution >= 4 is 5.91 Å². The van der Waals surface area contributed by atoms with Crippen molar-refractivity contribution < 1.29 is 14.6 Å². The van der Waals surface area contributed by atoms with Crippen LogP contribution in [0.2, 0.25) is 0 Å². The largest absolute Gasteiger partial charge is 0.497 e. The van der Waals surface area contributed by atoms with Crippen LogP contribution in [0.3, 0.4) is 0 Å². The summed E-state index contributed by atoms with van der Waals surface area (Å²) in [7, 11) is 1.63. The van der Waals surface area contributed by atoms with Gasteiger partial charge >= 0.3 is 0 Å². The Hall–Kier alpha value is -2.33. The third kappa shape index (κ3) is 5.75. The van der Waals surface area contributed by atoms with Crippen molar-refractivity contribution in [1.82, 2.24) is 5.32 Å². The van der Waals surface area contributed by atoms with E-state index >= 15 is 0 Å². The fourth-order valence-electron chi connectivity index (χ4n) is 2.36. The maximum atomic E-state index is 11.9. The van der Waals surface area contributed by atoms with Crippen molar-refractivity contribution in [2.75, 3.05) is 13.7 Å². The number of hydrogen-bond acceptors (Lipinski definition) is 3. The molecule has 1 amide bonds. The number of amides is 1. The summed E-state index contributed by atoms with van der Waals surface area (Å²) in [6, 6.07) is 17.2. The van der Waals surface area contributed by atoms with Crippen molar-refractivity contribution in [2.24, 2.45) is 0 Å². The highest BCUT2D eigenvalue weighted by atomic mass is 16.5. The quantitative estimate of drug-likeness (QED) is 0.788. The molecule has 0 bridgehead atoms. The van der Waals surface area contributed by atoms with Crippen molar-refractivity contribution in [1.29, 1.82) is 0 Å². The van der Waals surface area contributed by atoms with Crippen molar-refractivity contribution in [3.63, 3.8) is 0 Å². The highest BCUT2D eigenvalue weighted by Crippen LogP contribution is 2.15. The van der Waals surface area contributed by atoms with Gasteiger partial charge in [0.1, 0.15) is 5.75 Å². The fourth-order valence-corrected chi connectivity index (χ4v) is 2.36. The number of carbonyl (C=O) groups excluding carboxylic acids is 1. The fraction of sp³-hybridized carbons (Fsp3) is 0.316. The van der Waals surface area contributed by atoms with Gasteiger partial charge in [-0.3, -0.25) is 4.79 Å². The molecule has 0 aliphatic carbocycles. The second kappa shape index (κ2) is 8.96. The van der Waals surface area contributed by atoms with E-state index in [1.54, 1.807) is 7.11 Å². The molecule has 0 saturated carbocycles. The molecule has 1 atom stereocenters. The third-order valence-corrected chi connectivity index (χ3v) is 3.70. The van der Waals surface area contributed by atoms with E-state index in [-0.39, 0.29) is 5.91 Å². The van der Waals surface area contributed by atoms with Crippen LogP contribution in [0.15, 0.2) is 54.6 Å². The number of ether oxygens (including phenoxy) is 1. The lowest BCUT2D eigenvalue weighted by molar-refractivity contribution is -0.121. The lowest BCUT2D eigenvalue weighted by Gasteiger charge is -2.11. The van der Waals surface area contributed by atoms with Crippen LogP contribution < -0.4 is 10.1 Å². The molecule has 4 nitrogen and oxygen atoms in total. The number of carbonyl (C=O) groups is 1. The highest BCUT2D eigenvalue weighted by Gasteiger charge is 2.08. The van der Waals surface area contributed by atoms with Gasteiger partial charge in [-0.05, 0) is 36.1 Å². The van der Waals surface area contributed by atoms with Gasteiger partial charge in [-0.1, -0.05) is 42.5 Å². The van der Waals surface area contributed by atoms with Crippen LogP contribution in [-0.2, 0) is 11.2 Å². The summed E-state index contributed by atoms with van der Waals surface area (Å²) in [5.74, 6) is 0.793. The van der Waals surface area contributed by atoms with Crippen LogP contribution in [0.25, 0.3) is 0 Å². The minimum Gasteiger partial charge on any atom is -0.497 e. The summed E-state index contributed by atoms with van der Waals surface area (Å²) in [4.78, 5) is 11.9. The van der Waals surface area contributed by atoms with Gasteiger partial charge in [0.05, 0.1) is 13.2 Å². The topological polar surface area (TPSA) is 58.6 Å². The molecule has 1 unspecified atom stereocenters.